The predicted molar refractivity (Wildman–Crippen MR) is 56.3 cm³/mol. The Bertz CT molecular complexity index is 203. The van der Waals surface area contributed by atoms with Crippen LogP contribution < -0.4 is 5.32 Å². The lowest BCUT2D eigenvalue weighted by Gasteiger charge is -2.36. The summed E-state index contributed by atoms with van der Waals surface area (Å²) >= 11 is 0. The fourth-order valence-electron chi connectivity index (χ4n) is 2.59. The minimum atomic E-state index is -2.45. The van der Waals surface area contributed by atoms with Gasteiger partial charge in [-0.05, 0) is 32.4 Å². The van der Waals surface area contributed by atoms with Crippen LogP contribution in [0.4, 0.5) is 8.78 Å². The molecule has 0 aliphatic carbocycles. The van der Waals surface area contributed by atoms with Gasteiger partial charge in [-0.2, -0.15) is 0 Å². The molecule has 0 aromatic heterocycles. The third-order valence-electron chi connectivity index (χ3n) is 3.36. The molecule has 2 nitrogen and oxygen atoms in total. The molecule has 0 amide bonds. The Morgan fingerprint density at radius 1 is 1.27 bits per heavy atom. The van der Waals surface area contributed by atoms with Crippen LogP contribution in [0.15, 0.2) is 0 Å². The molecule has 2 heterocycles. The van der Waals surface area contributed by atoms with Crippen LogP contribution in [0.2, 0.25) is 0 Å². The van der Waals surface area contributed by atoms with E-state index < -0.39 is 5.92 Å². The van der Waals surface area contributed by atoms with Gasteiger partial charge >= 0.3 is 0 Å². The molecule has 88 valence electrons. The molecule has 0 saturated carbocycles. The number of alkyl halides is 2. The maximum absolute atomic E-state index is 13.1. The summed E-state index contributed by atoms with van der Waals surface area (Å²) in [6.45, 7) is 2.66. The van der Waals surface area contributed by atoms with Crippen molar-refractivity contribution >= 4 is 0 Å². The molecule has 0 aromatic rings. The average Bonchev–Trinajstić information content (AvgIpc) is 2.17. The Hall–Kier alpha value is -0.220. The molecule has 0 aromatic carbocycles. The topological polar surface area (TPSA) is 15.3 Å². The Morgan fingerprint density at radius 3 is 2.80 bits per heavy atom. The molecule has 0 bridgehead atoms. The first kappa shape index (κ1) is 11.3. The largest absolute Gasteiger partial charge is 0.313 e. The van der Waals surface area contributed by atoms with E-state index in [1.54, 1.807) is 0 Å². The van der Waals surface area contributed by atoms with Gasteiger partial charge in [-0.25, -0.2) is 8.78 Å². The van der Waals surface area contributed by atoms with Crippen molar-refractivity contribution in [2.75, 3.05) is 26.2 Å². The van der Waals surface area contributed by atoms with E-state index in [0.717, 1.165) is 26.1 Å². The maximum atomic E-state index is 13.1. The van der Waals surface area contributed by atoms with Gasteiger partial charge in [0, 0.05) is 19.0 Å². The van der Waals surface area contributed by atoms with Crippen LogP contribution >= 0.6 is 0 Å². The van der Waals surface area contributed by atoms with E-state index in [9.17, 15) is 8.78 Å². The van der Waals surface area contributed by atoms with Gasteiger partial charge in [-0.1, -0.05) is 6.42 Å². The molecule has 1 N–H and O–H groups in total. The Kier molecular flexibility index (Phi) is 3.57. The molecule has 15 heavy (non-hydrogen) atoms. The fourth-order valence-corrected chi connectivity index (χ4v) is 2.59. The number of piperidine rings is 2. The smallest absolute Gasteiger partial charge is 0.260 e. The van der Waals surface area contributed by atoms with Gasteiger partial charge in [0.15, 0.2) is 0 Å². The predicted octanol–water partition coefficient (Wildman–Crippen LogP) is 1.86. The van der Waals surface area contributed by atoms with Crippen molar-refractivity contribution in [3.05, 3.63) is 0 Å². The lowest BCUT2D eigenvalue weighted by atomic mass is 10.0. The molecular weight excluding hydrogens is 198 g/mol. The lowest BCUT2D eigenvalue weighted by Crippen LogP contribution is -2.49. The van der Waals surface area contributed by atoms with Gasteiger partial charge in [-0.15, -0.1) is 0 Å². The van der Waals surface area contributed by atoms with Gasteiger partial charge < -0.3 is 5.32 Å². The highest BCUT2D eigenvalue weighted by molar-refractivity contribution is 4.83. The molecular formula is C11H20F2N2. The summed E-state index contributed by atoms with van der Waals surface area (Å²) in [6.07, 6.45) is 4.32. The number of likely N-dealkylation sites (tertiary alicyclic amines) is 1. The number of rotatable bonds is 2. The van der Waals surface area contributed by atoms with Crippen molar-refractivity contribution in [3.63, 3.8) is 0 Å². The fraction of sp³-hybridized carbons (Fsp3) is 1.00. The molecule has 2 aliphatic heterocycles. The molecule has 2 saturated heterocycles. The van der Waals surface area contributed by atoms with Crippen molar-refractivity contribution < 1.29 is 8.78 Å². The molecule has 2 rings (SSSR count). The highest BCUT2D eigenvalue weighted by Gasteiger charge is 2.35. The molecule has 1 atom stereocenters. The first-order valence-electron chi connectivity index (χ1n) is 5.99. The first-order valence-corrected chi connectivity index (χ1v) is 5.99. The summed E-state index contributed by atoms with van der Waals surface area (Å²) in [7, 11) is 0. The number of hydrogen-bond donors (Lipinski definition) is 1. The Morgan fingerprint density at radius 2 is 2.13 bits per heavy atom. The Labute approximate surface area is 90.0 Å². The van der Waals surface area contributed by atoms with Crippen LogP contribution in [0.1, 0.15) is 32.1 Å². The number of halogens is 2. The number of hydrogen-bond acceptors (Lipinski definition) is 2. The first-order chi connectivity index (χ1) is 7.16. The van der Waals surface area contributed by atoms with Crippen molar-refractivity contribution in [2.45, 2.75) is 44.1 Å². The third-order valence-corrected chi connectivity index (χ3v) is 3.36. The zero-order chi connectivity index (χ0) is 10.7. The second kappa shape index (κ2) is 4.74. The van der Waals surface area contributed by atoms with E-state index in [1.807, 2.05) is 4.90 Å². The summed E-state index contributed by atoms with van der Waals surface area (Å²) in [6, 6.07) is 0.438. The summed E-state index contributed by atoms with van der Waals surface area (Å²) in [5, 5.41) is 3.41. The van der Waals surface area contributed by atoms with Crippen LogP contribution in [0.25, 0.3) is 0 Å². The van der Waals surface area contributed by atoms with E-state index in [0.29, 0.717) is 12.5 Å². The Balaban J connectivity index is 1.78. The van der Waals surface area contributed by atoms with E-state index >= 15 is 0 Å². The third kappa shape index (κ3) is 3.38. The summed E-state index contributed by atoms with van der Waals surface area (Å²) in [5.41, 5.74) is 0. The van der Waals surface area contributed by atoms with Crippen LogP contribution in [-0.4, -0.2) is 43.0 Å². The van der Waals surface area contributed by atoms with Crippen LogP contribution in [0, 0.1) is 0 Å². The molecule has 4 heteroatoms. The summed E-state index contributed by atoms with van der Waals surface area (Å²) in [4.78, 5) is 1.92. The number of nitrogens with zero attached hydrogens (tertiary/aromatic N) is 1. The van der Waals surface area contributed by atoms with Crippen LogP contribution in [-0.2, 0) is 0 Å². The molecule has 2 fully saturated rings. The zero-order valence-electron chi connectivity index (χ0n) is 9.14. The van der Waals surface area contributed by atoms with Gasteiger partial charge in [0.25, 0.3) is 5.92 Å². The molecule has 2 aliphatic rings. The molecule has 0 spiro atoms. The van der Waals surface area contributed by atoms with E-state index in [1.165, 1.54) is 12.8 Å². The zero-order valence-corrected chi connectivity index (χ0v) is 9.14. The van der Waals surface area contributed by atoms with Gasteiger partial charge in [0.05, 0.1) is 6.54 Å². The van der Waals surface area contributed by atoms with Crippen molar-refractivity contribution in [1.82, 2.24) is 10.2 Å². The van der Waals surface area contributed by atoms with Crippen LogP contribution in [0.5, 0.6) is 0 Å². The van der Waals surface area contributed by atoms with Crippen molar-refractivity contribution in [3.8, 4) is 0 Å². The normalized spacial score (nSPS) is 32.8. The quantitative estimate of drug-likeness (QED) is 0.761. The highest BCUT2D eigenvalue weighted by atomic mass is 19.3. The van der Waals surface area contributed by atoms with E-state index in [-0.39, 0.29) is 13.0 Å². The van der Waals surface area contributed by atoms with Gasteiger partial charge in [-0.3, -0.25) is 4.90 Å². The standard InChI is InChI=1S/C11H20F2N2/c12-11(13)5-3-7-15(9-11)8-10-4-1-2-6-14-10/h10,14H,1-9H2. The highest BCUT2D eigenvalue weighted by Crippen LogP contribution is 2.26. The number of nitrogens with one attached hydrogen (secondary N) is 1. The van der Waals surface area contributed by atoms with Crippen molar-refractivity contribution in [1.29, 1.82) is 0 Å². The lowest BCUT2D eigenvalue weighted by molar-refractivity contribution is -0.0660. The summed E-state index contributed by atoms with van der Waals surface area (Å²) < 4.78 is 26.3. The van der Waals surface area contributed by atoms with E-state index in [4.69, 9.17) is 0 Å². The molecule has 0 radical (unpaired) electrons. The molecule has 1 unspecified atom stereocenters. The second-order valence-electron chi connectivity index (χ2n) is 4.84. The SMILES string of the molecule is FC1(F)CCCN(CC2CCCCN2)C1. The van der Waals surface area contributed by atoms with Gasteiger partial charge in [0.2, 0.25) is 0 Å². The van der Waals surface area contributed by atoms with Crippen molar-refractivity contribution in [2.24, 2.45) is 0 Å². The van der Waals surface area contributed by atoms with E-state index in [2.05, 4.69) is 5.32 Å². The van der Waals surface area contributed by atoms with Crippen LogP contribution in [0.3, 0.4) is 0 Å². The maximum Gasteiger partial charge on any atom is 0.260 e. The average molecular weight is 218 g/mol. The minimum Gasteiger partial charge on any atom is -0.313 e. The minimum absolute atomic E-state index is 0.0365. The summed E-state index contributed by atoms with van der Waals surface area (Å²) in [5.74, 6) is -2.45. The monoisotopic (exact) mass is 218 g/mol. The van der Waals surface area contributed by atoms with Gasteiger partial charge in [0.1, 0.15) is 0 Å². The second-order valence-corrected chi connectivity index (χ2v) is 4.84.